The van der Waals surface area contributed by atoms with Crippen LogP contribution in [0.4, 0.5) is 5.69 Å². The molecule has 1 N–H and O–H groups in total. The SMILES string of the molecule is O=C(CN1CCCCC1CCO)c1cccc([N+](=O)[O-])c1. The van der Waals surface area contributed by atoms with Gasteiger partial charge in [0.15, 0.2) is 5.78 Å². The molecule has 1 aromatic carbocycles. The van der Waals surface area contributed by atoms with E-state index in [1.54, 1.807) is 6.07 Å². The number of nitro benzene ring substituents is 1. The quantitative estimate of drug-likeness (QED) is 0.492. The van der Waals surface area contributed by atoms with E-state index in [1.807, 2.05) is 0 Å². The van der Waals surface area contributed by atoms with E-state index < -0.39 is 4.92 Å². The Labute approximate surface area is 123 Å². The minimum Gasteiger partial charge on any atom is -0.396 e. The normalized spacial score (nSPS) is 19.4. The molecule has 0 saturated carbocycles. The Hall–Kier alpha value is -1.79. The average molecular weight is 292 g/mol. The fourth-order valence-corrected chi connectivity index (χ4v) is 2.81. The number of hydrogen-bond donors (Lipinski definition) is 1. The van der Waals surface area contributed by atoms with Gasteiger partial charge in [-0.1, -0.05) is 18.6 Å². The third-order valence-corrected chi connectivity index (χ3v) is 3.94. The molecule has 1 aliphatic heterocycles. The Morgan fingerprint density at radius 2 is 2.24 bits per heavy atom. The summed E-state index contributed by atoms with van der Waals surface area (Å²) in [5, 5.41) is 19.9. The van der Waals surface area contributed by atoms with Crippen molar-refractivity contribution in [1.82, 2.24) is 4.90 Å². The lowest BCUT2D eigenvalue weighted by Gasteiger charge is -2.34. The molecule has 0 aromatic heterocycles. The second-order valence-corrected chi connectivity index (χ2v) is 5.36. The Bertz CT molecular complexity index is 516. The number of hydrogen-bond acceptors (Lipinski definition) is 5. The maximum atomic E-state index is 12.3. The Morgan fingerprint density at radius 3 is 2.95 bits per heavy atom. The molecular weight excluding hydrogens is 272 g/mol. The molecule has 1 heterocycles. The van der Waals surface area contributed by atoms with Crippen LogP contribution >= 0.6 is 0 Å². The minimum absolute atomic E-state index is 0.0635. The highest BCUT2D eigenvalue weighted by atomic mass is 16.6. The van der Waals surface area contributed by atoms with Gasteiger partial charge in [-0.05, 0) is 25.8 Å². The number of piperidine rings is 1. The predicted molar refractivity (Wildman–Crippen MR) is 78.3 cm³/mol. The lowest BCUT2D eigenvalue weighted by Crippen LogP contribution is -2.43. The molecule has 1 unspecified atom stereocenters. The summed E-state index contributed by atoms with van der Waals surface area (Å²) in [4.78, 5) is 24.7. The summed E-state index contributed by atoms with van der Waals surface area (Å²) in [5.41, 5.74) is 0.309. The van der Waals surface area contributed by atoms with Crippen molar-refractivity contribution in [3.63, 3.8) is 0 Å². The zero-order valence-corrected chi connectivity index (χ0v) is 11.9. The Morgan fingerprint density at radius 1 is 1.43 bits per heavy atom. The van der Waals surface area contributed by atoms with Crippen molar-refractivity contribution in [3.8, 4) is 0 Å². The lowest BCUT2D eigenvalue weighted by molar-refractivity contribution is -0.384. The number of carbonyl (C=O) groups excluding carboxylic acids is 1. The summed E-state index contributed by atoms with van der Waals surface area (Å²) >= 11 is 0. The van der Waals surface area contributed by atoms with Crippen molar-refractivity contribution in [1.29, 1.82) is 0 Å². The van der Waals surface area contributed by atoms with Gasteiger partial charge >= 0.3 is 0 Å². The van der Waals surface area contributed by atoms with Gasteiger partial charge in [-0.2, -0.15) is 0 Å². The van der Waals surface area contributed by atoms with Crippen LogP contribution in [0.25, 0.3) is 0 Å². The number of benzene rings is 1. The number of aliphatic hydroxyl groups is 1. The number of rotatable bonds is 6. The minimum atomic E-state index is -0.494. The number of Topliss-reactive ketones (excluding diaryl/α,β-unsaturated/α-hetero) is 1. The van der Waals surface area contributed by atoms with Gasteiger partial charge in [-0.25, -0.2) is 0 Å². The molecule has 0 radical (unpaired) electrons. The molecule has 1 fully saturated rings. The molecule has 1 atom stereocenters. The average Bonchev–Trinajstić information content (AvgIpc) is 2.49. The van der Waals surface area contributed by atoms with E-state index >= 15 is 0 Å². The molecule has 6 nitrogen and oxygen atoms in total. The van der Waals surface area contributed by atoms with Crippen LogP contribution in [0.5, 0.6) is 0 Å². The molecule has 114 valence electrons. The lowest BCUT2D eigenvalue weighted by atomic mass is 9.98. The largest absolute Gasteiger partial charge is 0.396 e. The van der Waals surface area contributed by atoms with E-state index in [9.17, 15) is 14.9 Å². The third kappa shape index (κ3) is 4.09. The molecule has 0 amide bonds. The molecule has 0 aliphatic carbocycles. The predicted octanol–water partition coefficient (Wildman–Crippen LogP) is 2.01. The van der Waals surface area contributed by atoms with Crippen LogP contribution in [-0.2, 0) is 0 Å². The van der Waals surface area contributed by atoms with E-state index in [4.69, 9.17) is 5.11 Å². The molecule has 0 spiro atoms. The topological polar surface area (TPSA) is 83.7 Å². The van der Waals surface area contributed by atoms with E-state index in [2.05, 4.69) is 4.90 Å². The first-order valence-electron chi connectivity index (χ1n) is 7.24. The number of carbonyl (C=O) groups is 1. The van der Waals surface area contributed by atoms with Crippen molar-refractivity contribution in [3.05, 3.63) is 39.9 Å². The van der Waals surface area contributed by atoms with Gasteiger partial charge in [0, 0.05) is 30.3 Å². The summed E-state index contributed by atoms with van der Waals surface area (Å²) in [5.74, 6) is -0.108. The zero-order chi connectivity index (χ0) is 15.2. The zero-order valence-electron chi connectivity index (χ0n) is 11.9. The molecule has 0 bridgehead atoms. The van der Waals surface area contributed by atoms with Crippen LogP contribution < -0.4 is 0 Å². The third-order valence-electron chi connectivity index (χ3n) is 3.94. The van der Waals surface area contributed by atoms with Crippen molar-refractivity contribution in [2.24, 2.45) is 0 Å². The maximum absolute atomic E-state index is 12.3. The summed E-state index contributed by atoms with van der Waals surface area (Å²) in [7, 11) is 0. The van der Waals surface area contributed by atoms with Gasteiger partial charge in [-0.3, -0.25) is 19.8 Å². The molecule has 1 saturated heterocycles. The smallest absolute Gasteiger partial charge is 0.270 e. The van der Waals surface area contributed by atoms with Crippen LogP contribution in [0.2, 0.25) is 0 Å². The van der Waals surface area contributed by atoms with E-state index in [0.29, 0.717) is 12.0 Å². The maximum Gasteiger partial charge on any atom is 0.270 e. The molecular formula is C15H20N2O4. The van der Waals surface area contributed by atoms with Crippen LogP contribution in [0.1, 0.15) is 36.0 Å². The van der Waals surface area contributed by atoms with Gasteiger partial charge in [0.1, 0.15) is 0 Å². The van der Waals surface area contributed by atoms with E-state index in [1.165, 1.54) is 18.2 Å². The first-order chi connectivity index (χ1) is 10.1. The van der Waals surface area contributed by atoms with Crippen molar-refractivity contribution in [2.45, 2.75) is 31.7 Å². The number of non-ortho nitro benzene ring substituents is 1. The van der Waals surface area contributed by atoms with Crippen LogP contribution in [-0.4, -0.2) is 46.5 Å². The standard InChI is InChI=1S/C15H20N2O4/c18-9-7-13-5-1-2-8-16(13)11-15(19)12-4-3-6-14(10-12)17(20)21/h3-4,6,10,13,18H,1-2,5,7-9,11H2. The summed E-state index contributed by atoms with van der Waals surface area (Å²) in [6, 6.07) is 6.08. The Balaban J connectivity index is 2.05. The number of nitrogens with zero attached hydrogens (tertiary/aromatic N) is 2. The van der Waals surface area contributed by atoms with Gasteiger partial charge in [0.2, 0.25) is 0 Å². The number of nitro groups is 1. The summed E-state index contributed by atoms with van der Waals surface area (Å²) in [6.07, 6.45) is 3.82. The number of ketones is 1. The van der Waals surface area contributed by atoms with Gasteiger partial charge in [-0.15, -0.1) is 0 Å². The van der Waals surface area contributed by atoms with Crippen molar-refractivity contribution in [2.75, 3.05) is 19.7 Å². The van der Waals surface area contributed by atoms with Crippen LogP contribution in [0, 0.1) is 10.1 Å². The number of likely N-dealkylation sites (tertiary alicyclic amines) is 1. The molecule has 6 heteroatoms. The summed E-state index contributed by atoms with van der Waals surface area (Å²) < 4.78 is 0. The first-order valence-corrected chi connectivity index (χ1v) is 7.24. The van der Waals surface area contributed by atoms with Gasteiger partial charge < -0.3 is 5.11 Å². The highest BCUT2D eigenvalue weighted by molar-refractivity contribution is 5.98. The Kier molecular flexibility index (Phi) is 5.41. The van der Waals surface area contributed by atoms with Gasteiger partial charge in [0.25, 0.3) is 5.69 Å². The molecule has 1 aliphatic rings. The second-order valence-electron chi connectivity index (χ2n) is 5.36. The van der Waals surface area contributed by atoms with E-state index in [-0.39, 0.29) is 30.7 Å². The monoisotopic (exact) mass is 292 g/mol. The van der Waals surface area contributed by atoms with Crippen LogP contribution in [0.15, 0.2) is 24.3 Å². The fraction of sp³-hybridized carbons (Fsp3) is 0.533. The fourth-order valence-electron chi connectivity index (χ4n) is 2.81. The highest BCUT2D eigenvalue weighted by Gasteiger charge is 2.24. The summed E-state index contributed by atoms with van der Waals surface area (Å²) in [6.45, 7) is 1.21. The molecule has 2 rings (SSSR count). The van der Waals surface area contributed by atoms with E-state index in [0.717, 1.165) is 25.8 Å². The van der Waals surface area contributed by atoms with Crippen molar-refractivity contribution >= 4 is 11.5 Å². The first kappa shape index (κ1) is 15.6. The van der Waals surface area contributed by atoms with Crippen molar-refractivity contribution < 1.29 is 14.8 Å². The molecule has 1 aromatic rings. The number of aliphatic hydroxyl groups excluding tert-OH is 1. The van der Waals surface area contributed by atoms with Gasteiger partial charge in [0.05, 0.1) is 11.5 Å². The molecule has 21 heavy (non-hydrogen) atoms. The van der Waals surface area contributed by atoms with Crippen LogP contribution in [0.3, 0.4) is 0 Å². The second kappa shape index (κ2) is 7.28. The highest BCUT2D eigenvalue weighted by Crippen LogP contribution is 2.20.